The van der Waals surface area contributed by atoms with Crippen molar-refractivity contribution in [1.82, 2.24) is 10.2 Å². The van der Waals surface area contributed by atoms with E-state index < -0.39 is 17.7 Å². The molecule has 0 bridgehead atoms. The molecule has 1 heterocycles. The van der Waals surface area contributed by atoms with Crippen molar-refractivity contribution in [1.29, 1.82) is 0 Å². The fraction of sp³-hybridized carbons (Fsp3) is 0.600. The molecule has 0 aliphatic carbocycles. The van der Waals surface area contributed by atoms with E-state index in [4.69, 9.17) is 4.74 Å². The molecule has 2 amide bonds. The van der Waals surface area contributed by atoms with Gasteiger partial charge < -0.3 is 10.1 Å². The maximum atomic E-state index is 12.2. The van der Waals surface area contributed by atoms with Gasteiger partial charge in [0.05, 0.1) is 6.54 Å². The first-order valence-electron chi connectivity index (χ1n) is 7.04. The van der Waals surface area contributed by atoms with E-state index in [1.807, 2.05) is 24.4 Å². The van der Waals surface area contributed by atoms with E-state index in [-0.39, 0.29) is 5.91 Å². The van der Waals surface area contributed by atoms with E-state index in [0.29, 0.717) is 13.1 Å². The summed E-state index contributed by atoms with van der Waals surface area (Å²) in [5.41, 5.74) is -0.572. The van der Waals surface area contributed by atoms with Crippen LogP contribution in [0.2, 0.25) is 0 Å². The van der Waals surface area contributed by atoms with Gasteiger partial charge in [-0.1, -0.05) is 6.07 Å². The third-order valence-corrected chi connectivity index (χ3v) is 3.71. The summed E-state index contributed by atoms with van der Waals surface area (Å²) in [7, 11) is 0. The maximum Gasteiger partial charge on any atom is 0.410 e. The Morgan fingerprint density at radius 1 is 1.43 bits per heavy atom. The van der Waals surface area contributed by atoms with Gasteiger partial charge in [0, 0.05) is 11.4 Å². The Morgan fingerprint density at radius 3 is 2.57 bits per heavy atom. The Bertz CT molecular complexity index is 466. The van der Waals surface area contributed by atoms with Crippen LogP contribution in [0.25, 0.3) is 0 Å². The molecule has 0 saturated carbocycles. The highest BCUT2D eigenvalue weighted by Gasteiger charge is 2.28. The average Bonchev–Trinajstić information content (AvgIpc) is 2.87. The topological polar surface area (TPSA) is 58.6 Å². The summed E-state index contributed by atoms with van der Waals surface area (Å²) >= 11 is 1.58. The summed E-state index contributed by atoms with van der Waals surface area (Å²) in [6.45, 7) is 9.85. The second kappa shape index (κ2) is 7.45. The van der Waals surface area contributed by atoms with Crippen molar-refractivity contribution >= 4 is 23.3 Å². The molecule has 0 unspecified atom stereocenters. The number of nitrogens with one attached hydrogen (secondary N) is 1. The Morgan fingerprint density at radius 2 is 2.10 bits per heavy atom. The highest BCUT2D eigenvalue weighted by atomic mass is 32.1. The first-order valence-corrected chi connectivity index (χ1v) is 7.92. The monoisotopic (exact) mass is 312 g/mol. The molecule has 0 saturated heterocycles. The number of hydrogen-bond acceptors (Lipinski definition) is 4. The molecule has 1 N–H and O–H groups in total. The summed E-state index contributed by atoms with van der Waals surface area (Å²) in [5, 5.41) is 4.80. The highest BCUT2D eigenvalue weighted by molar-refractivity contribution is 7.09. The second-order valence-electron chi connectivity index (χ2n) is 5.74. The molecule has 1 atom stereocenters. The van der Waals surface area contributed by atoms with Crippen molar-refractivity contribution in [2.45, 2.75) is 52.8 Å². The molecule has 0 aliphatic heterocycles. The number of hydrogen-bond donors (Lipinski definition) is 1. The zero-order valence-electron chi connectivity index (χ0n) is 13.3. The van der Waals surface area contributed by atoms with Crippen molar-refractivity contribution in [3.8, 4) is 0 Å². The second-order valence-corrected chi connectivity index (χ2v) is 6.77. The zero-order valence-corrected chi connectivity index (χ0v) is 14.1. The fourth-order valence-electron chi connectivity index (χ4n) is 1.76. The molecule has 6 heteroatoms. The minimum atomic E-state index is -0.572. The van der Waals surface area contributed by atoms with E-state index in [2.05, 4.69) is 5.32 Å². The Hall–Kier alpha value is -1.56. The number of carbonyl (C=O) groups excluding carboxylic acids is 2. The van der Waals surface area contributed by atoms with Crippen molar-refractivity contribution in [2.24, 2.45) is 0 Å². The highest BCUT2D eigenvalue weighted by Crippen LogP contribution is 2.12. The summed E-state index contributed by atoms with van der Waals surface area (Å²) in [4.78, 5) is 26.8. The van der Waals surface area contributed by atoms with Crippen LogP contribution in [0.4, 0.5) is 4.79 Å². The number of nitrogens with zero attached hydrogens (tertiary/aromatic N) is 1. The molecule has 1 rings (SSSR count). The Balaban J connectivity index is 2.58. The third-order valence-electron chi connectivity index (χ3n) is 2.83. The van der Waals surface area contributed by atoms with E-state index in [0.717, 1.165) is 4.88 Å². The van der Waals surface area contributed by atoms with Gasteiger partial charge >= 0.3 is 6.09 Å². The van der Waals surface area contributed by atoms with Gasteiger partial charge in [0.25, 0.3) is 0 Å². The van der Waals surface area contributed by atoms with Crippen LogP contribution in [0, 0.1) is 0 Å². The van der Waals surface area contributed by atoms with Crippen LogP contribution in [0.5, 0.6) is 0 Å². The molecular formula is C15H24N2O3S. The van der Waals surface area contributed by atoms with Crippen LogP contribution in [0.15, 0.2) is 17.5 Å². The summed E-state index contributed by atoms with van der Waals surface area (Å²) < 4.78 is 5.32. The predicted molar refractivity (Wildman–Crippen MR) is 84.2 cm³/mol. The molecule has 1 aromatic heterocycles. The van der Waals surface area contributed by atoms with Crippen LogP contribution < -0.4 is 5.32 Å². The third kappa shape index (κ3) is 5.75. The minimum absolute atomic E-state index is 0.184. The largest absolute Gasteiger partial charge is 0.444 e. The Kier molecular flexibility index (Phi) is 6.20. The van der Waals surface area contributed by atoms with E-state index >= 15 is 0 Å². The molecular weight excluding hydrogens is 288 g/mol. The van der Waals surface area contributed by atoms with Gasteiger partial charge in [-0.2, -0.15) is 0 Å². The minimum Gasteiger partial charge on any atom is -0.444 e. The van der Waals surface area contributed by atoms with Crippen molar-refractivity contribution in [3.05, 3.63) is 22.4 Å². The molecule has 0 aromatic carbocycles. The SMILES string of the molecule is CCN(C(=O)OC(C)(C)C)[C@@H](C)C(=O)NCc1cccs1. The number of likely N-dealkylation sites (N-methyl/N-ethyl adjacent to an activating group) is 1. The van der Waals surface area contributed by atoms with Crippen LogP contribution in [-0.2, 0) is 16.1 Å². The van der Waals surface area contributed by atoms with Gasteiger partial charge in [-0.25, -0.2) is 4.79 Å². The molecule has 0 radical (unpaired) electrons. The van der Waals surface area contributed by atoms with E-state index in [9.17, 15) is 9.59 Å². The molecule has 0 spiro atoms. The lowest BCUT2D eigenvalue weighted by atomic mass is 10.2. The van der Waals surface area contributed by atoms with Gasteiger partial charge in [-0.3, -0.25) is 9.69 Å². The molecule has 5 nitrogen and oxygen atoms in total. The smallest absolute Gasteiger partial charge is 0.410 e. The lowest BCUT2D eigenvalue weighted by Gasteiger charge is -2.30. The summed E-state index contributed by atoms with van der Waals surface area (Å²) in [5.74, 6) is -0.184. The Labute approximate surface area is 130 Å². The molecule has 21 heavy (non-hydrogen) atoms. The van der Waals surface area contributed by atoms with Gasteiger partial charge in [-0.15, -0.1) is 11.3 Å². The van der Waals surface area contributed by atoms with Crippen LogP contribution in [0.3, 0.4) is 0 Å². The molecule has 0 aliphatic rings. The van der Waals surface area contributed by atoms with Crippen molar-refractivity contribution in [3.63, 3.8) is 0 Å². The van der Waals surface area contributed by atoms with Gasteiger partial charge in [0.15, 0.2) is 0 Å². The maximum absolute atomic E-state index is 12.2. The molecule has 118 valence electrons. The lowest BCUT2D eigenvalue weighted by molar-refractivity contribution is -0.126. The van der Waals surface area contributed by atoms with Crippen molar-refractivity contribution < 1.29 is 14.3 Å². The molecule has 1 aromatic rings. The van der Waals surface area contributed by atoms with Gasteiger partial charge in [0.1, 0.15) is 11.6 Å². The quantitative estimate of drug-likeness (QED) is 0.909. The van der Waals surface area contributed by atoms with Crippen molar-refractivity contribution in [2.75, 3.05) is 6.54 Å². The van der Waals surface area contributed by atoms with E-state index in [1.54, 1.807) is 39.0 Å². The number of thiophene rings is 1. The lowest BCUT2D eigenvalue weighted by Crippen LogP contribution is -2.49. The predicted octanol–water partition coefficient (Wildman–Crippen LogP) is 3.01. The van der Waals surface area contributed by atoms with Gasteiger partial charge in [0.2, 0.25) is 5.91 Å². The number of amides is 2. The molecule has 0 fully saturated rings. The average molecular weight is 312 g/mol. The first kappa shape index (κ1) is 17.5. The summed E-state index contributed by atoms with van der Waals surface area (Å²) in [6.07, 6.45) is -0.469. The summed E-state index contributed by atoms with van der Waals surface area (Å²) in [6, 6.07) is 3.33. The van der Waals surface area contributed by atoms with Gasteiger partial charge in [-0.05, 0) is 46.1 Å². The normalized spacial score (nSPS) is 12.6. The number of carbonyl (C=O) groups is 2. The van der Waals surface area contributed by atoms with Crippen LogP contribution in [0.1, 0.15) is 39.5 Å². The number of ether oxygens (including phenoxy) is 1. The zero-order chi connectivity index (χ0) is 16.0. The van der Waals surface area contributed by atoms with Crippen LogP contribution >= 0.6 is 11.3 Å². The van der Waals surface area contributed by atoms with Crippen LogP contribution in [-0.4, -0.2) is 35.1 Å². The number of rotatable bonds is 5. The standard InChI is InChI=1S/C15H24N2O3S/c1-6-17(14(19)20-15(3,4)5)11(2)13(18)16-10-12-8-7-9-21-12/h7-9,11H,6,10H2,1-5H3,(H,16,18)/t11-/m0/s1. The first-order chi connectivity index (χ1) is 9.74. The fourth-order valence-corrected chi connectivity index (χ4v) is 2.40. The van der Waals surface area contributed by atoms with E-state index in [1.165, 1.54) is 4.90 Å².